The van der Waals surface area contributed by atoms with Crippen molar-refractivity contribution in [2.45, 2.75) is 32.7 Å². The van der Waals surface area contributed by atoms with Crippen molar-refractivity contribution < 1.29 is 9.53 Å². The molecule has 0 atom stereocenters. The largest absolute Gasteiger partial charge is 0.466 e. The molecule has 2 heterocycles. The molecule has 0 unspecified atom stereocenters. The summed E-state index contributed by atoms with van der Waals surface area (Å²) in [7, 11) is 0. The molecule has 0 radical (unpaired) electrons. The van der Waals surface area contributed by atoms with E-state index in [0.29, 0.717) is 6.61 Å². The minimum absolute atomic E-state index is 0.0379. The molecule has 0 spiro atoms. The molecule has 0 aliphatic carbocycles. The van der Waals surface area contributed by atoms with E-state index >= 15 is 0 Å². The molecular weight excluding hydrogens is 348 g/mol. The van der Waals surface area contributed by atoms with Gasteiger partial charge >= 0.3 is 5.97 Å². The van der Waals surface area contributed by atoms with E-state index in [4.69, 9.17) is 4.74 Å². The molecule has 4 heteroatoms. The van der Waals surface area contributed by atoms with Crippen molar-refractivity contribution in [3.05, 3.63) is 71.9 Å². The average molecular weight is 377 g/mol. The number of aromatic nitrogens is 1. The Hall–Kier alpha value is -2.59. The summed E-state index contributed by atoms with van der Waals surface area (Å²) >= 11 is 0. The predicted molar refractivity (Wildman–Crippen MR) is 112 cm³/mol. The van der Waals surface area contributed by atoms with Gasteiger partial charge in [0.25, 0.3) is 0 Å². The van der Waals surface area contributed by atoms with Crippen LogP contribution in [-0.4, -0.2) is 35.5 Å². The van der Waals surface area contributed by atoms with Crippen LogP contribution in [0.3, 0.4) is 0 Å². The zero-order chi connectivity index (χ0) is 19.4. The first-order chi connectivity index (χ1) is 13.7. The molecule has 3 aromatic rings. The topological polar surface area (TPSA) is 45.3 Å². The second kappa shape index (κ2) is 8.19. The van der Waals surface area contributed by atoms with Crippen molar-refractivity contribution in [2.75, 3.05) is 19.7 Å². The van der Waals surface area contributed by atoms with E-state index < -0.39 is 5.41 Å². The van der Waals surface area contributed by atoms with E-state index in [9.17, 15) is 4.79 Å². The Bertz CT molecular complexity index is 891. The first-order valence-electron chi connectivity index (χ1n) is 10.2. The van der Waals surface area contributed by atoms with Crippen LogP contribution in [0.25, 0.3) is 10.9 Å². The number of nitrogens with one attached hydrogen (secondary N) is 1. The molecule has 1 aliphatic heterocycles. The highest BCUT2D eigenvalue weighted by Crippen LogP contribution is 2.37. The molecule has 4 nitrogen and oxygen atoms in total. The van der Waals surface area contributed by atoms with Gasteiger partial charge < -0.3 is 9.72 Å². The van der Waals surface area contributed by atoms with Gasteiger partial charge in [0.2, 0.25) is 0 Å². The molecule has 0 saturated carbocycles. The SMILES string of the molecule is CCOC(=O)C1(Cc2ccccc2)CCN(Cc2cc3ccccc3[nH]2)CC1. The summed E-state index contributed by atoms with van der Waals surface area (Å²) < 4.78 is 5.49. The van der Waals surface area contributed by atoms with E-state index in [0.717, 1.165) is 38.9 Å². The minimum Gasteiger partial charge on any atom is -0.466 e. The van der Waals surface area contributed by atoms with Crippen LogP contribution in [0.4, 0.5) is 0 Å². The zero-order valence-corrected chi connectivity index (χ0v) is 16.5. The fraction of sp³-hybridized carbons (Fsp3) is 0.375. The second-order valence-electron chi connectivity index (χ2n) is 7.82. The molecular formula is C24H28N2O2. The molecule has 1 saturated heterocycles. The lowest BCUT2D eigenvalue weighted by Crippen LogP contribution is -2.46. The Morgan fingerprint density at radius 1 is 1.07 bits per heavy atom. The molecule has 28 heavy (non-hydrogen) atoms. The van der Waals surface area contributed by atoms with Gasteiger partial charge in [0.15, 0.2) is 0 Å². The fourth-order valence-electron chi connectivity index (χ4n) is 4.32. The standard InChI is InChI=1S/C24H28N2O2/c1-2-28-23(27)24(17-19-8-4-3-5-9-19)12-14-26(15-13-24)18-21-16-20-10-6-7-11-22(20)25-21/h3-11,16,25H,2,12-15,17-18H2,1H3. The van der Waals surface area contributed by atoms with Crippen LogP contribution in [0.2, 0.25) is 0 Å². The number of piperidine rings is 1. The van der Waals surface area contributed by atoms with Crippen molar-refractivity contribution in [3.8, 4) is 0 Å². The number of esters is 1. The van der Waals surface area contributed by atoms with Gasteiger partial charge in [0.1, 0.15) is 0 Å². The lowest BCUT2D eigenvalue weighted by atomic mass is 9.73. The van der Waals surface area contributed by atoms with E-state index in [1.54, 1.807) is 0 Å². The van der Waals surface area contributed by atoms with Crippen LogP contribution in [0.1, 0.15) is 31.0 Å². The number of aromatic amines is 1. The first-order valence-corrected chi connectivity index (χ1v) is 10.2. The van der Waals surface area contributed by atoms with Gasteiger partial charge in [-0.3, -0.25) is 9.69 Å². The number of rotatable bonds is 6. The van der Waals surface area contributed by atoms with Crippen molar-refractivity contribution in [2.24, 2.45) is 5.41 Å². The van der Waals surface area contributed by atoms with Crippen molar-refractivity contribution in [1.82, 2.24) is 9.88 Å². The Kier molecular flexibility index (Phi) is 5.49. The van der Waals surface area contributed by atoms with Crippen LogP contribution in [-0.2, 0) is 22.5 Å². The van der Waals surface area contributed by atoms with Gasteiger partial charge in [-0.25, -0.2) is 0 Å². The number of para-hydroxylation sites is 1. The van der Waals surface area contributed by atoms with Crippen molar-refractivity contribution in [3.63, 3.8) is 0 Å². The van der Waals surface area contributed by atoms with E-state index in [1.807, 2.05) is 25.1 Å². The summed E-state index contributed by atoms with van der Waals surface area (Å²) in [6, 6.07) is 20.9. The van der Waals surface area contributed by atoms with Crippen LogP contribution in [0, 0.1) is 5.41 Å². The third kappa shape index (κ3) is 3.97. The van der Waals surface area contributed by atoms with Gasteiger partial charge in [-0.05, 0) is 62.4 Å². The summed E-state index contributed by atoms with van der Waals surface area (Å²) in [4.78, 5) is 18.8. The van der Waals surface area contributed by atoms with Crippen LogP contribution in [0.5, 0.6) is 0 Å². The lowest BCUT2D eigenvalue weighted by molar-refractivity contribution is -0.158. The average Bonchev–Trinajstić information content (AvgIpc) is 3.13. The number of carbonyl (C=O) groups is 1. The number of hydrogen-bond acceptors (Lipinski definition) is 3. The van der Waals surface area contributed by atoms with Crippen LogP contribution in [0.15, 0.2) is 60.7 Å². The quantitative estimate of drug-likeness (QED) is 0.642. The first kappa shape index (κ1) is 18.8. The van der Waals surface area contributed by atoms with Crippen LogP contribution >= 0.6 is 0 Å². The third-order valence-corrected chi connectivity index (χ3v) is 5.89. The fourth-order valence-corrected chi connectivity index (χ4v) is 4.32. The normalized spacial score (nSPS) is 16.9. The second-order valence-corrected chi connectivity index (χ2v) is 7.82. The number of carbonyl (C=O) groups excluding carboxylic acids is 1. The Morgan fingerprint density at radius 3 is 2.50 bits per heavy atom. The lowest BCUT2D eigenvalue weighted by Gasteiger charge is -2.40. The molecule has 1 aliphatic rings. The molecule has 0 bridgehead atoms. The van der Waals surface area contributed by atoms with Gasteiger partial charge in [-0.15, -0.1) is 0 Å². The van der Waals surface area contributed by atoms with E-state index in [2.05, 4.69) is 52.3 Å². The highest BCUT2D eigenvalue weighted by Gasteiger charge is 2.42. The van der Waals surface area contributed by atoms with Gasteiger partial charge in [0, 0.05) is 17.8 Å². The van der Waals surface area contributed by atoms with Gasteiger partial charge in [0.05, 0.1) is 12.0 Å². The Labute approximate surface area is 166 Å². The molecule has 1 aromatic heterocycles. The van der Waals surface area contributed by atoms with Crippen molar-refractivity contribution >= 4 is 16.9 Å². The monoisotopic (exact) mass is 376 g/mol. The number of fused-ring (bicyclic) bond motifs is 1. The molecule has 0 amide bonds. The number of benzene rings is 2. The van der Waals surface area contributed by atoms with Crippen LogP contribution < -0.4 is 0 Å². The third-order valence-electron chi connectivity index (χ3n) is 5.89. The number of nitrogens with zero attached hydrogens (tertiary/aromatic N) is 1. The van der Waals surface area contributed by atoms with Gasteiger partial charge in [-0.2, -0.15) is 0 Å². The molecule has 1 fully saturated rings. The maximum absolute atomic E-state index is 12.9. The predicted octanol–water partition coefficient (Wildman–Crippen LogP) is 4.56. The van der Waals surface area contributed by atoms with E-state index in [-0.39, 0.29) is 5.97 Å². The maximum Gasteiger partial charge on any atom is 0.312 e. The summed E-state index contributed by atoms with van der Waals surface area (Å²) in [5.41, 5.74) is 3.21. The van der Waals surface area contributed by atoms with E-state index in [1.165, 1.54) is 22.2 Å². The van der Waals surface area contributed by atoms with Crippen molar-refractivity contribution in [1.29, 1.82) is 0 Å². The maximum atomic E-state index is 12.9. The van der Waals surface area contributed by atoms with Gasteiger partial charge in [-0.1, -0.05) is 48.5 Å². The summed E-state index contributed by atoms with van der Waals surface area (Å²) in [5.74, 6) is -0.0379. The Balaban J connectivity index is 1.45. The summed E-state index contributed by atoms with van der Waals surface area (Å²) in [5, 5.41) is 1.25. The molecule has 146 valence electrons. The number of H-pyrrole nitrogens is 1. The summed E-state index contributed by atoms with van der Waals surface area (Å²) in [6.07, 6.45) is 2.43. The summed E-state index contributed by atoms with van der Waals surface area (Å²) in [6.45, 7) is 5.02. The minimum atomic E-state index is -0.408. The molecule has 1 N–H and O–H groups in total. The highest BCUT2D eigenvalue weighted by atomic mass is 16.5. The molecule has 2 aromatic carbocycles. The Morgan fingerprint density at radius 2 is 1.79 bits per heavy atom. The number of ether oxygens (including phenoxy) is 1. The highest BCUT2D eigenvalue weighted by molar-refractivity contribution is 5.80. The zero-order valence-electron chi connectivity index (χ0n) is 16.5. The number of hydrogen-bond donors (Lipinski definition) is 1. The number of likely N-dealkylation sites (tertiary alicyclic amines) is 1. The smallest absolute Gasteiger partial charge is 0.312 e. The molecule has 4 rings (SSSR count).